The predicted molar refractivity (Wildman–Crippen MR) is 135 cm³/mol. The zero-order chi connectivity index (χ0) is 25.6. The maximum absolute atomic E-state index is 14.4. The van der Waals surface area contributed by atoms with Gasteiger partial charge in [-0.05, 0) is 87.4 Å². The Morgan fingerprint density at radius 2 is 2.00 bits per heavy atom. The lowest BCUT2D eigenvalue weighted by Gasteiger charge is -2.21. The summed E-state index contributed by atoms with van der Waals surface area (Å²) in [4.78, 5) is 37.4. The highest BCUT2D eigenvalue weighted by atomic mass is 32.1. The summed E-state index contributed by atoms with van der Waals surface area (Å²) in [5.41, 5.74) is 2.56. The van der Waals surface area contributed by atoms with Crippen molar-refractivity contribution in [2.45, 2.75) is 46.6 Å². The molecule has 1 saturated heterocycles. The van der Waals surface area contributed by atoms with Gasteiger partial charge in [0.05, 0.1) is 21.6 Å². The number of nitrogens with one attached hydrogen (secondary N) is 1. The van der Waals surface area contributed by atoms with E-state index in [9.17, 15) is 19.2 Å². The molecule has 1 aliphatic carbocycles. The summed E-state index contributed by atoms with van der Waals surface area (Å²) >= 11 is 1.50. The zero-order valence-electron chi connectivity index (χ0n) is 20.4. The smallest absolute Gasteiger partial charge is 0.270 e. The molecule has 5 rings (SSSR count). The predicted octanol–water partition coefficient (Wildman–Crippen LogP) is 4.86. The van der Waals surface area contributed by atoms with E-state index in [0.29, 0.717) is 29.9 Å². The van der Waals surface area contributed by atoms with Crippen LogP contribution in [-0.4, -0.2) is 28.3 Å². The molecule has 7 nitrogen and oxygen atoms in total. The molecule has 3 aromatic rings. The molecule has 2 amide bonds. The average Bonchev–Trinajstić information content (AvgIpc) is 3.56. The highest BCUT2D eigenvalue weighted by Crippen LogP contribution is 2.51. The van der Waals surface area contributed by atoms with Crippen molar-refractivity contribution in [3.05, 3.63) is 63.8 Å². The fourth-order valence-corrected chi connectivity index (χ4v) is 5.92. The minimum atomic E-state index is -0.955. The molecule has 0 unspecified atom stereocenters. The van der Waals surface area contributed by atoms with Crippen LogP contribution in [0.4, 0.5) is 10.1 Å². The SMILES string of the molecule is Cc1cc(N2CC[C@@](C#N)(C3CC3)C2=O)cc(C(=O)NCc2cc(F)cc(-c3sc(C)nc3C)c2)n1. The number of pyridine rings is 1. The first kappa shape index (κ1) is 24.1. The number of hydrogen-bond donors (Lipinski definition) is 1. The number of nitriles is 1. The van der Waals surface area contributed by atoms with E-state index >= 15 is 0 Å². The second-order valence-electron chi connectivity index (χ2n) is 9.59. The number of aryl methyl sites for hydroxylation is 3. The van der Waals surface area contributed by atoms with Gasteiger partial charge in [0.2, 0.25) is 5.91 Å². The van der Waals surface area contributed by atoms with Gasteiger partial charge in [-0.3, -0.25) is 9.59 Å². The first-order valence-corrected chi connectivity index (χ1v) is 12.8. The largest absolute Gasteiger partial charge is 0.347 e. The van der Waals surface area contributed by atoms with Crippen LogP contribution in [0.1, 0.15) is 51.7 Å². The van der Waals surface area contributed by atoms with Crippen LogP contribution in [0.25, 0.3) is 10.4 Å². The van der Waals surface area contributed by atoms with Crippen molar-refractivity contribution in [2.24, 2.45) is 11.3 Å². The molecule has 1 aromatic carbocycles. The molecule has 1 N–H and O–H groups in total. The summed E-state index contributed by atoms with van der Waals surface area (Å²) in [6.07, 6.45) is 2.30. The molecule has 0 spiro atoms. The summed E-state index contributed by atoms with van der Waals surface area (Å²) in [5, 5.41) is 13.5. The number of halogens is 1. The Balaban J connectivity index is 1.34. The van der Waals surface area contributed by atoms with Crippen LogP contribution < -0.4 is 10.2 Å². The van der Waals surface area contributed by atoms with Crippen LogP contribution in [0, 0.1) is 49.3 Å². The summed E-state index contributed by atoms with van der Waals surface area (Å²) < 4.78 is 14.4. The first-order chi connectivity index (χ1) is 17.2. The minimum Gasteiger partial charge on any atom is -0.347 e. The Kier molecular flexibility index (Phi) is 6.08. The van der Waals surface area contributed by atoms with Crippen molar-refractivity contribution in [1.29, 1.82) is 5.26 Å². The lowest BCUT2D eigenvalue weighted by molar-refractivity contribution is -0.123. The van der Waals surface area contributed by atoms with Gasteiger partial charge in [-0.25, -0.2) is 14.4 Å². The molecule has 2 aromatic heterocycles. The quantitative estimate of drug-likeness (QED) is 0.518. The molecule has 3 heterocycles. The monoisotopic (exact) mass is 503 g/mol. The van der Waals surface area contributed by atoms with Crippen LogP contribution in [0.3, 0.4) is 0 Å². The molecule has 0 bridgehead atoms. The molecule has 9 heteroatoms. The summed E-state index contributed by atoms with van der Waals surface area (Å²) in [6, 6.07) is 10.3. The standard InChI is InChI=1S/C27H26FN5O2S/c1-15-8-22(33-7-6-27(14-29,26(33)35)20-4-5-20)12-23(31-15)25(34)30-13-18-9-19(11-21(28)10-18)24-16(2)32-17(3)36-24/h8-12,20H,4-7,13H2,1-3H3,(H,30,34)/t27-/m1/s1. The summed E-state index contributed by atoms with van der Waals surface area (Å²) in [6.45, 7) is 6.12. The third kappa shape index (κ3) is 4.37. The lowest BCUT2D eigenvalue weighted by Crippen LogP contribution is -2.35. The van der Waals surface area contributed by atoms with Crippen molar-refractivity contribution < 1.29 is 14.0 Å². The van der Waals surface area contributed by atoms with Crippen LogP contribution in [-0.2, 0) is 11.3 Å². The Hall–Kier alpha value is -3.64. The number of nitrogens with zero attached hydrogens (tertiary/aromatic N) is 4. The van der Waals surface area contributed by atoms with E-state index in [0.717, 1.165) is 34.0 Å². The number of aromatic nitrogens is 2. The van der Waals surface area contributed by atoms with Crippen LogP contribution in [0.2, 0.25) is 0 Å². The van der Waals surface area contributed by atoms with E-state index in [2.05, 4.69) is 21.4 Å². The Morgan fingerprint density at radius 3 is 2.67 bits per heavy atom. The number of anilines is 1. The highest BCUT2D eigenvalue weighted by Gasteiger charge is 2.56. The van der Waals surface area contributed by atoms with E-state index in [4.69, 9.17) is 0 Å². The van der Waals surface area contributed by atoms with E-state index < -0.39 is 11.3 Å². The number of carbonyl (C=O) groups is 2. The third-order valence-electron chi connectivity index (χ3n) is 6.89. The van der Waals surface area contributed by atoms with Crippen molar-refractivity contribution in [3.63, 3.8) is 0 Å². The van der Waals surface area contributed by atoms with Crippen molar-refractivity contribution in [2.75, 3.05) is 11.4 Å². The maximum atomic E-state index is 14.4. The fraction of sp³-hybridized carbons (Fsp3) is 0.370. The lowest BCUT2D eigenvalue weighted by atomic mass is 9.83. The molecule has 1 atom stereocenters. The van der Waals surface area contributed by atoms with Gasteiger partial charge < -0.3 is 10.2 Å². The number of benzene rings is 1. The number of rotatable bonds is 6. The van der Waals surface area contributed by atoms with Crippen LogP contribution >= 0.6 is 11.3 Å². The first-order valence-electron chi connectivity index (χ1n) is 11.9. The van der Waals surface area contributed by atoms with Gasteiger partial charge in [-0.2, -0.15) is 5.26 Å². The molecular weight excluding hydrogens is 477 g/mol. The zero-order valence-corrected chi connectivity index (χ0v) is 21.2. The minimum absolute atomic E-state index is 0.118. The topological polar surface area (TPSA) is 99.0 Å². The number of thiazole rings is 1. The van der Waals surface area contributed by atoms with E-state index in [1.54, 1.807) is 24.0 Å². The summed E-state index contributed by atoms with van der Waals surface area (Å²) in [7, 11) is 0. The number of amides is 2. The van der Waals surface area contributed by atoms with Gasteiger partial charge in [0, 0.05) is 24.5 Å². The number of hydrogen-bond acceptors (Lipinski definition) is 6. The average molecular weight is 504 g/mol. The van der Waals surface area contributed by atoms with E-state index in [1.165, 1.54) is 23.5 Å². The third-order valence-corrected chi connectivity index (χ3v) is 8.01. The van der Waals surface area contributed by atoms with Gasteiger partial charge in [0.1, 0.15) is 16.9 Å². The van der Waals surface area contributed by atoms with Gasteiger partial charge in [0.25, 0.3) is 5.91 Å². The molecule has 2 fully saturated rings. The number of carbonyl (C=O) groups excluding carboxylic acids is 2. The fourth-order valence-electron chi connectivity index (χ4n) is 5.01. The molecule has 184 valence electrons. The molecular formula is C27H26FN5O2S. The van der Waals surface area contributed by atoms with Gasteiger partial charge in [-0.1, -0.05) is 0 Å². The molecule has 2 aliphatic rings. The normalized spacial score (nSPS) is 19.4. The second kappa shape index (κ2) is 9.10. The van der Waals surface area contributed by atoms with Crippen molar-refractivity contribution in [1.82, 2.24) is 15.3 Å². The Morgan fingerprint density at radius 1 is 1.22 bits per heavy atom. The Labute approximate surface area is 213 Å². The van der Waals surface area contributed by atoms with Crippen molar-refractivity contribution in [3.8, 4) is 16.5 Å². The summed E-state index contributed by atoms with van der Waals surface area (Å²) in [5.74, 6) is -0.872. The van der Waals surface area contributed by atoms with E-state index in [1.807, 2.05) is 19.9 Å². The van der Waals surface area contributed by atoms with Crippen LogP contribution in [0.15, 0.2) is 30.3 Å². The van der Waals surface area contributed by atoms with Gasteiger partial charge in [0.15, 0.2) is 0 Å². The molecule has 1 saturated carbocycles. The van der Waals surface area contributed by atoms with E-state index in [-0.39, 0.29) is 29.9 Å². The van der Waals surface area contributed by atoms with Crippen LogP contribution in [0.5, 0.6) is 0 Å². The molecule has 36 heavy (non-hydrogen) atoms. The second-order valence-corrected chi connectivity index (χ2v) is 10.8. The van der Waals surface area contributed by atoms with Gasteiger partial charge >= 0.3 is 0 Å². The Bertz CT molecular complexity index is 1420. The highest BCUT2D eigenvalue weighted by molar-refractivity contribution is 7.15. The van der Waals surface area contributed by atoms with Crippen molar-refractivity contribution >= 4 is 28.8 Å². The molecule has 1 aliphatic heterocycles. The molecule has 0 radical (unpaired) electrons. The van der Waals surface area contributed by atoms with Gasteiger partial charge in [-0.15, -0.1) is 11.3 Å². The maximum Gasteiger partial charge on any atom is 0.270 e.